The molecule has 0 aromatic heterocycles. The van der Waals surface area contributed by atoms with Crippen LogP contribution in [0.5, 0.6) is 0 Å². The minimum atomic E-state index is -0.154. The molecule has 2 aliphatic carbocycles. The minimum absolute atomic E-state index is 0.0277. The summed E-state index contributed by atoms with van der Waals surface area (Å²) in [6.07, 6.45) is 4.69. The molecule has 0 fully saturated rings. The zero-order chi connectivity index (χ0) is 45.5. The summed E-state index contributed by atoms with van der Waals surface area (Å²) in [6, 6.07) is 48.3. The number of fused-ring (bicyclic) bond motifs is 2. The Morgan fingerprint density at radius 2 is 0.873 bits per heavy atom. The van der Waals surface area contributed by atoms with Crippen LogP contribution in [0.15, 0.2) is 127 Å². The van der Waals surface area contributed by atoms with Crippen molar-refractivity contribution in [2.45, 2.75) is 155 Å². The zero-order valence-corrected chi connectivity index (χ0v) is 41.5. The highest BCUT2D eigenvalue weighted by Crippen LogP contribution is 2.52. The van der Waals surface area contributed by atoms with Crippen molar-refractivity contribution in [2.24, 2.45) is 0 Å². The van der Waals surface area contributed by atoms with E-state index < -0.39 is 0 Å². The summed E-state index contributed by atoms with van der Waals surface area (Å²) in [6.45, 7) is 33.4. The molecule has 0 radical (unpaired) electrons. The van der Waals surface area contributed by atoms with Crippen molar-refractivity contribution in [3.63, 3.8) is 0 Å². The van der Waals surface area contributed by atoms with Crippen LogP contribution in [0, 0.1) is 0 Å². The van der Waals surface area contributed by atoms with E-state index in [0.717, 1.165) is 35.6 Å². The van der Waals surface area contributed by atoms with Gasteiger partial charge in [-0.05, 0) is 170 Å². The fourth-order valence-electron chi connectivity index (χ4n) is 10.3. The van der Waals surface area contributed by atoms with Crippen molar-refractivity contribution in [3.05, 3.63) is 166 Å². The van der Waals surface area contributed by atoms with E-state index in [1.807, 2.05) is 6.07 Å². The van der Waals surface area contributed by atoms with E-state index in [4.69, 9.17) is 11.6 Å². The maximum Gasteiger partial charge on any atom is 0.0540 e. The van der Waals surface area contributed by atoms with Crippen molar-refractivity contribution >= 4 is 45.7 Å². The van der Waals surface area contributed by atoms with Gasteiger partial charge < -0.3 is 9.80 Å². The Bertz CT molecular complexity index is 2580. The second kappa shape index (κ2) is 15.7. The summed E-state index contributed by atoms with van der Waals surface area (Å²) >= 11 is 6.92. The molecule has 63 heavy (non-hydrogen) atoms. The van der Waals surface area contributed by atoms with Crippen LogP contribution >= 0.6 is 11.6 Å². The van der Waals surface area contributed by atoms with Crippen LogP contribution in [-0.2, 0) is 32.5 Å². The Kier molecular flexibility index (Phi) is 11.2. The molecule has 0 bridgehead atoms. The van der Waals surface area contributed by atoms with Gasteiger partial charge in [0.2, 0.25) is 0 Å². The molecular weight excluding hydrogens is 784 g/mol. The molecule has 2 nitrogen and oxygen atoms in total. The summed E-state index contributed by atoms with van der Waals surface area (Å²) in [4.78, 5) is 5.00. The number of hydrogen-bond donors (Lipinski definition) is 0. The molecule has 0 atom stereocenters. The van der Waals surface area contributed by atoms with Crippen LogP contribution < -0.4 is 9.80 Å². The number of rotatable bonds is 7. The summed E-state index contributed by atoms with van der Waals surface area (Å²) in [5, 5.41) is 0.707. The molecule has 0 spiro atoms. The van der Waals surface area contributed by atoms with Crippen LogP contribution in [0.2, 0.25) is 5.02 Å². The van der Waals surface area contributed by atoms with Gasteiger partial charge in [-0.3, -0.25) is 0 Å². The van der Waals surface area contributed by atoms with Gasteiger partial charge >= 0.3 is 0 Å². The standard InChI is InChI=1S/C60H71ClN2/c1-55(2,3)41-23-28-54(49(35-41)40-19-16-15-17-20-40)63(44-22-18-21-43(61)36-44)48-34-42(56(4,5)6)33-47(37-48)62(45-24-26-50-52(38-45)59(11,12)31-29-57(50,7)8)46-25-27-51-53(39-46)60(13,14)32-30-58(51,9)10/h15-28,33-39H,29-32H2,1-14H3. The topological polar surface area (TPSA) is 6.48 Å². The molecule has 328 valence electrons. The predicted octanol–water partition coefficient (Wildman–Crippen LogP) is 18.2. The highest BCUT2D eigenvalue weighted by Gasteiger charge is 2.39. The normalized spacial score (nSPS) is 17.4. The first kappa shape index (κ1) is 44.8. The van der Waals surface area contributed by atoms with Gasteiger partial charge in [0.15, 0.2) is 0 Å². The van der Waals surface area contributed by atoms with Crippen LogP contribution in [0.25, 0.3) is 11.1 Å². The first-order valence-electron chi connectivity index (χ1n) is 23.4. The van der Waals surface area contributed by atoms with E-state index >= 15 is 0 Å². The summed E-state index contributed by atoms with van der Waals surface area (Å²) < 4.78 is 0. The average molecular weight is 856 g/mol. The van der Waals surface area contributed by atoms with Crippen molar-refractivity contribution in [1.82, 2.24) is 0 Å². The quantitative estimate of drug-likeness (QED) is 0.158. The third-order valence-corrected chi connectivity index (χ3v) is 15.0. The minimum Gasteiger partial charge on any atom is -0.310 e. The second-order valence-electron chi connectivity index (χ2n) is 23.5. The molecule has 0 N–H and O–H groups in total. The van der Waals surface area contributed by atoms with Crippen molar-refractivity contribution in [2.75, 3.05) is 9.80 Å². The van der Waals surface area contributed by atoms with E-state index in [0.29, 0.717) is 5.02 Å². The van der Waals surface area contributed by atoms with E-state index in [1.54, 1.807) is 0 Å². The summed E-state index contributed by atoms with van der Waals surface area (Å²) in [5.74, 6) is 0. The second-order valence-corrected chi connectivity index (χ2v) is 23.9. The number of halogens is 1. The van der Waals surface area contributed by atoms with E-state index in [9.17, 15) is 0 Å². The molecule has 6 aromatic carbocycles. The lowest BCUT2D eigenvalue weighted by molar-refractivity contribution is 0.332. The van der Waals surface area contributed by atoms with E-state index in [1.165, 1.54) is 68.7 Å². The third-order valence-electron chi connectivity index (χ3n) is 14.7. The van der Waals surface area contributed by atoms with Gasteiger partial charge in [-0.1, -0.05) is 163 Å². The van der Waals surface area contributed by atoms with Gasteiger partial charge in [0, 0.05) is 39.0 Å². The first-order chi connectivity index (χ1) is 29.4. The Hall–Kier alpha value is -4.79. The number of benzene rings is 6. The third kappa shape index (κ3) is 8.62. The number of hydrogen-bond acceptors (Lipinski definition) is 2. The Morgan fingerprint density at radius 1 is 0.397 bits per heavy atom. The fraction of sp³-hybridized carbons (Fsp3) is 0.400. The molecular formula is C60H71ClN2. The van der Waals surface area contributed by atoms with Crippen molar-refractivity contribution < 1.29 is 0 Å². The lowest BCUT2D eigenvalue weighted by atomic mass is 9.63. The largest absolute Gasteiger partial charge is 0.310 e. The van der Waals surface area contributed by atoms with Crippen molar-refractivity contribution in [3.8, 4) is 11.1 Å². The van der Waals surface area contributed by atoms with Crippen LogP contribution in [-0.4, -0.2) is 0 Å². The van der Waals surface area contributed by atoms with Crippen LogP contribution in [0.1, 0.15) is 156 Å². The Balaban J connectivity index is 1.45. The SMILES string of the molecule is CC(C)(C)c1cc(N(c2ccc3c(c2)C(C)(C)CCC3(C)C)c2ccc3c(c2)C(C)(C)CCC3(C)C)cc(N(c2cccc(Cl)c2)c2ccc(C(C)(C)C)cc2-c2ccccc2)c1. The van der Waals surface area contributed by atoms with Gasteiger partial charge in [0.25, 0.3) is 0 Å². The molecule has 0 unspecified atom stereocenters. The average Bonchev–Trinajstić information content (AvgIpc) is 3.21. The first-order valence-corrected chi connectivity index (χ1v) is 23.8. The van der Waals surface area contributed by atoms with Gasteiger partial charge in [-0.15, -0.1) is 0 Å². The van der Waals surface area contributed by atoms with Gasteiger partial charge in [0.1, 0.15) is 0 Å². The molecule has 6 aromatic rings. The lowest BCUT2D eigenvalue weighted by Crippen LogP contribution is -2.34. The monoisotopic (exact) mass is 855 g/mol. The Labute approximate surface area is 385 Å². The lowest BCUT2D eigenvalue weighted by Gasteiger charge is -2.43. The highest BCUT2D eigenvalue weighted by atomic mass is 35.5. The Morgan fingerprint density at radius 3 is 1.37 bits per heavy atom. The van der Waals surface area contributed by atoms with E-state index in [-0.39, 0.29) is 32.5 Å². The fourth-order valence-corrected chi connectivity index (χ4v) is 10.4. The molecule has 0 saturated carbocycles. The van der Waals surface area contributed by atoms with Crippen molar-refractivity contribution in [1.29, 1.82) is 0 Å². The van der Waals surface area contributed by atoms with Gasteiger partial charge in [0.05, 0.1) is 5.69 Å². The summed E-state index contributed by atoms with van der Waals surface area (Å²) in [5.41, 5.74) is 17.7. The molecule has 3 heteroatoms. The maximum atomic E-state index is 6.92. The predicted molar refractivity (Wildman–Crippen MR) is 274 cm³/mol. The molecule has 0 aliphatic heterocycles. The summed E-state index contributed by atoms with van der Waals surface area (Å²) in [7, 11) is 0. The van der Waals surface area contributed by atoms with Crippen LogP contribution in [0.3, 0.4) is 0 Å². The number of anilines is 6. The number of nitrogens with zero attached hydrogens (tertiary/aromatic N) is 2. The molecule has 0 amide bonds. The van der Waals surface area contributed by atoms with Crippen LogP contribution in [0.4, 0.5) is 34.1 Å². The highest BCUT2D eigenvalue weighted by molar-refractivity contribution is 6.30. The molecule has 0 saturated heterocycles. The molecule has 0 heterocycles. The van der Waals surface area contributed by atoms with Gasteiger partial charge in [-0.2, -0.15) is 0 Å². The zero-order valence-electron chi connectivity index (χ0n) is 40.7. The smallest absolute Gasteiger partial charge is 0.0540 e. The maximum absolute atomic E-state index is 6.92. The van der Waals surface area contributed by atoms with Gasteiger partial charge in [-0.25, -0.2) is 0 Å². The van der Waals surface area contributed by atoms with E-state index in [2.05, 4.69) is 228 Å². The molecule has 8 rings (SSSR count). The molecule has 2 aliphatic rings.